The second-order valence-electron chi connectivity index (χ2n) is 1.31. The summed E-state index contributed by atoms with van der Waals surface area (Å²) < 4.78 is 13.5. The molecule has 0 rings (SSSR count). The van der Waals surface area contributed by atoms with Crippen molar-refractivity contribution in [3.8, 4) is 0 Å². The molecule has 0 spiro atoms. The van der Waals surface area contributed by atoms with Crippen LogP contribution >= 0.6 is 7.82 Å². The Hall–Kier alpha value is 1.16. The van der Waals surface area contributed by atoms with Gasteiger partial charge in [-0.2, -0.15) is 0 Å². The Labute approximate surface area is 113 Å². The van der Waals surface area contributed by atoms with Crippen LogP contribution in [0.1, 0.15) is 0 Å². The quantitative estimate of drug-likeness (QED) is 0.239. The first kappa shape index (κ1) is 18.9. The third kappa shape index (κ3) is 11.2. The number of carbonyl (C=O) groups is 1. The van der Waals surface area contributed by atoms with E-state index in [1.807, 2.05) is 0 Å². The maximum atomic E-state index is 9.89. The number of hydrogen-bond acceptors (Lipinski definition) is 3. The van der Waals surface area contributed by atoms with Crippen molar-refractivity contribution in [2.75, 3.05) is 0 Å². The van der Waals surface area contributed by atoms with E-state index in [1.165, 1.54) is 0 Å². The number of hydrogen-bond donors (Lipinski definition) is 3. The Kier molecular flexibility index (Phi) is 11.9. The summed E-state index contributed by atoms with van der Waals surface area (Å²) in [6.45, 7) is 2.73. The van der Waals surface area contributed by atoms with Crippen molar-refractivity contribution in [1.82, 2.24) is 0 Å². The van der Waals surface area contributed by atoms with E-state index in [4.69, 9.17) is 14.9 Å². The Balaban J connectivity index is -0.000000405. The molecule has 9 heteroatoms. The predicted molar refractivity (Wildman–Crippen MR) is 41.4 cm³/mol. The van der Waals surface area contributed by atoms with E-state index in [1.54, 1.807) is 0 Å². The summed E-state index contributed by atoms with van der Waals surface area (Å²) in [5, 5.41) is 7.98. The summed E-state index contributed by atoms with van der Waals surface area (Å²) >= 11 is 0. The van der Waals surface area contributed by atoms with Crippen molar-refractivity contribution in [3.63, 3.8) is 0 Å². The van der Waals surface area contributed by atoms with Gasteiger partial charge in [0.15, 0.2) is 0 Å². The zero-order valence-electron chi connectivity index (χ0n) is 6.72. The van der Waals surface area contributed by atoms with Crippen LogP contribution < -0.4 is 0 Å². The van der Waals surface area contributed by atoms with Gasteiger partial charge in [-0.05, 0) is 6.58 Å². The molecule has 6 nitrogen and oxygen atoms in total. The van der Waals surface area contributed by atoms with Crippen LogP contribution in [0, 0.1) is 0 Å². The molecule has 0 aliphatic heterocycles. The van der Waals surface area contributed by atoms with Crippen LogP contribution in [0.4, 0.5) is 0 Å². The second kappa shape index (κ2) is 7.55. The van der Waals surface area contributed by atoms with Gasteiger partial charge in [-0.1, -0.05) is 0 Å². The molecule has 0 aliphatic rings. The number of carboxylic acids is 1. The second-order valence-corrected chi connectivity index (χ2v) is 2.47. The fourth-order valence-corrected chi connectivity index (χ4v) is 0.548. The first-order valence-corrected chi connectivity index (χ1v) is 3.53. The maximum absolute atomic E-state index is 9.89. The van der Waals surface area contributed by atoms with Gasteiger partial charge in [0.2, 0.25) is 5.76 Å². The molecule has 0 atom stereocenters. The average molecular weight is 214 g/mol. The Morgan fingerprint density at radius 2 is 1.67 bits per heavy atom. The zero-order chi connectivity index (χ0) is 8.36. The monoisotopic (exact) mass is 214 g/mol. The van der Waals surface area contributed by atoms with E-state index in [0.717, 1.165) is 0 Å². The fourth-order valence-electron chi connectivity index (χ4n) is 0.183. The summed E-state index contributed by atoms with van der Waals surface area (Å²) in [5.41, 5.74) is 0. The molecule has 0 saturated carbocycles. The molecule has 0 unspecified atom stereocenters. The fraction of sp³-hybridized carbons (Fsp3) is 0. The molecule has 0 bridgehead atoms. The van der Waals surface area contributed by atoms with E-state index < -0.39 is 19.6 Å². The summed E-state index contributed by atoms with van der Waals surface area (Å²) in [6, 6.07) is 0. The van der Waals surface area contributed by atoms with Crippen molar-refractivity contribution in [1.29, 1.82) is 0 Å². The summed E-state index contributed by atoms with van der Waals surface area (Å²) in [4.78, 5) is 25.8. The number of phosphoric acid groups is 1. The maximum Gasteiger partial charge on any atom is 0.525 e. The minimum Gasteiger partial charge on any atom is -0.475 e. The summed E-state index contributed by atoms with van der Waals surface area (Å²) in [6.07, 6.45) is 0. The van der Waals surface area contributed by atoms with E-state index >= 15 is 0 Å². The molecule has 0 aliphatic carbocycles. The summed E-state index contributed by atoms with van der Waals surface area (Å²) in [5.74, 6) is -2.59. The Morgan fingerprint density at radius 1 is 1.33 bits per heavy atom. The molecule has 0 aromatic carbocycles. The third-order valence-electron chi connectivity index (χ3n) is 0.468. The third-order valence-corrected chi connectivity index (χ3v) is 0.926. The topological polar surface area (TPSA) is 104 Å². The minimum atomic E-state index is -4.76. The van der Waals surface area contributed by atoms with Crippen molar-refractivity contribution >= 4 is 72.9 Å². The molecule has 2 radical (unpaired) electrons. The molecule has 60 valence electrons. The first-order valence-electron chi connectivity index (χ1n) is 2.00. The van der Waals surface area contributed by atoms with Gasteiger partial charge in [0.25, 0.3) is 0 Å². The van der Waals surface area contributed by atoms with Crippen LogP contribution in [0.5, 0.6) is 0 Å². The van der Waals surface area contributed by atoms with Crippen LogP contribution in [-0.4, -0.2) is 80.0 Å². The number of aliphatic carboxylic acids is 1. The van der Waals surface area contributed by atoms with Gasteiger partial charge in [0.05, 0.1) is 0 Å². The van der Waals surface area contributed by atoms with E-state index in [2.05, 4.69) is 11.1 Å². The van der Waals surface area contributed by atoms with Gasteiger partial charge in [-0.3, -0.25) is 9.79 Å². The van der Waals surface area contributed by atoms with Crippen LogP contribution in [0.2, 0.25) is 0 Å². The van der Waals surface area contributed by atoms with E-state index in [-0.39, 0.29) is 59.1 Å². The van der Waals surface area contributed by atoms with Crippen LogP contribution in [0.25, 0.3) is 0 Å². The Bertz CT molecular complexity index is 209. The number of rotatable bonds is 3. The standard InChI is InChI=1S/C3H5O6P.2Na/c1-2(3(4)5)9-10(6,7)8;;/h1H2,(H,4,5)(H2,6,7,8);;. The van der Waals surface area contributed by atoms with E-state index in [0.29, 0.717) is 0 Å². The normalized spacial score (nSPS) is 8.83. The molecule has 0 fully saturated rings. The minimum absolute atomic E-state index is 0. The molecule has 0 amide bonds. The van der Waals surface area contributed by atoms with Crippen LogP contribution in [-0.2, 0) is 13.9 Å². The molecule has 0 saturated heterocycles. The SMILES string of the molecule is C=C(OP(=O)(O)O)C(=O)O.[Na].[Na]. The molecule has 0 aromatic heterocycles. The van der Waals surface area contributed by atoms with Crippen molar-refractivity contribution in [2.45, 2.75) is 0 Å². The van der Waals surface area contributed by atoms with Crippen molar-refractivity contribution in [2.24, 2.45) is 0 Å². The van der Waals surface area contributed by atoms with E-state index in [9.17, 15) is 9.36 Å². The number of carboxylic acid groups (broad SMARTS) is 1. The largest absolute Gasteiger partial charge is 0.525 e. The Morgan fingerprint density at radius 3 is 1.75 bits per heavy atom. The van der Waals surface area contributed by atoms with Gasteiger partial charge in [0, 0.05) is 59.1 Å². The summed E-state index contributed by atoms with van der Waals surface area (Å²) in [7, 11) is -4.76. The van der Waals surface area contributed by atoms with Crippen molar-refractivity contribution < 1.29 is 28.8 Å². The van der Waals surface area contributed by atoms with Crippen molar-refractivity contribution in [3.05, 3.63) is 12.3 Å². The van der Waals surface area contributed by atoms with Gasteiger partial charge < -0.3 is 9.63 Å². The predicted octanol–water partition coefficient (Wildman–Crippen LogP) is -1.07. The van der Waals surface area contributed by atoms with Gasteiger partial charge in [0.1, 0.15) is 0 Å². The first-order chi connectivity index (χ1) is 4.33. The number of phosphoric ester groups is 1. The molecule has 3 N–H and O–H groups in total. The van der Waals surface area contributed by atoms with Gasteiger partial charge in [-0.25, -0.2) is 9.36 Å². The molecule has 12 heavy (non-hydrogen) atoms. The molecular weight excluding hydrogens is 209 g/mol. The smallest absolute Gasteiger partial charge is 0.475 e. The molecule has 0 heterocycles. The molecular formula is C3H5Na2O6P. The average Bonchev–Trinajstić information content (AvgIpc) is 1.60. The van der Waals surface area contributed by atoms with Crippen LogP contribution in [0.3, 0.4) is 0 Å². The molecule has 0 aromatic rings. The van der Waals surface area contributed by atoms with Crippen LogP contribution in [0.15, 0.2) is 12.3 Å². The van der Waals surface area contributed by atoms with Gasteiger partial charge in [-0.15, -0.1) is 0 Å². The zero-order valence-corrected chi connectivity index (χ0v) is 11.6. The van der Waals surface area contributed by atoms with Gasteiger partial charge >= 0.3 is 13.8 Å².